The molecule has 108 valence electrons. The Balaban J connectivity index is 2.57. The number of fused-ring (bicyclic) bond motifs is 1. The van der Waals surface area contributed by atoms with Crippen molar-refractivity contribution in [3.05, 3.63) is 39.0 Å². The standard InChI is InChI=1S/C13H17N3O4/c1-15-12(19)10-8-9(16(4-6-17)5-7-18)2-3-11(10)14-13(15)20/h2-3,8,17-18H,4-7H2,1H3,(H,14,20). The third-order valence-electron chi connectivity index (χ3n) is 3.19. The first-order chi connectivity index (χ1) is 9.58. The number of nitrogens with zero attached hydrogens (tertiary/aromatic N) is 2. The highest BCUT2D eigenvalue weighted by molar-refractivity contribution is 5.81. The second kappa shape index (κ2) is 5.89. The zero-order chi connectivity index (χ0) is 14.7. The van der Waals surface area contributed by atoms with E-state index in [0.717, 1.165) is 4.57 Å². The highest BCUT2D eigenvalue weighted by Gasteiger charge is 2.09. The fourth-order valence-electron chi connectivity index (χ4n) is 2.10. The van der Waals surface area contributed by atoms with Gasteiger partial charge < -0.3 is 20.1 Å². The van der Waals surface area contributed by atoms with Gasteiger partial charge in [-0.2, -0.15) is 0 Å². The number of aliphatic hydroxyl groups is 2. The molecular formula is C13H17N3O4. The summed E-state index contributed by atoms with van der Waals surface area (Å²) in [5, 5.41) is 18.5. The van der Waals surface area contributed by atoms with Gasteiger partial charge in [0.25, 0.3) is 5.56 Å². The van der Waals surface area contributed by atoms with Crippen molar-refractivity contribution in [2.24, 2.45) is 7.05 Å². The summed E-state index contributed by atoms with van der Waals surface area (Å²) < 4.78 is 1.01. The first kappa shape index (κ1) is 14.3. The quantitative estimate of drug-likeness (QED) is 0.653. The lowest BCUT2D eigenvalue weighted by Crippen LogP contribution is -2.33. The number of rotatable bonds is 5. The molecule has 0 amide bonds. The molecule has 1 aromatic heterocycles. The summed E-state index contributed by atoms with van der Waals surface area (Å²) in [4.78, 5) is 28.0. The molecule has 7 heteroatoms. The smallest absolute Gasteiger partial charge is 0.328 e. The molecule has 7 nitrogen and oxygen atoms in total. The van der Waals surface area contributed by atoms with Crippen LogP contribution in [0.4, 0.5) is 5.69 Å². The van der Waals surface area contributed by atoms with Gasteiger partial charge in [0.2, 0.25) is 0 Å². The van der Waals surface area contributed by atoms with Crippen molar-refractivity contribution in [2.75, 3.05) is 31.2 Å². The van der Waals surface area contributed by atoms with Crippen molar-refractivity contribution in [1.82, 2.24) is 9.55 Å². The number of hydrogen-bond donors (Lipinski definition) is 3. The van der Waals surface area contributed by atoms with E-state index < -0.39 is 5.69 Å². The maximum Gasteiger partial charge on any atom is 0.328 e. The molecule has 2 aromatic rings. The molecule has 2 rings (SSSR count). The van der Waals surface area contributed by atoms with Crippen molar-refractivity contribution in [1.29, 1.82) is 0 Å². The Kier molecular flexibility index (Phi) is 4.21. The van der Waals surface area contributed by atoms with Gasteiger partial charge >= 0.3 is 5.69 Å². The maximum atomic E-state index is 12.1. The fraction of sp³-hybridized carbons (Fsp3) is 0.385. The van der Waals surface area contributed by atoms with E-state index in [0.29, 0.717) is 29.7 Å². The molecular weight excluding hydrogens is 262 g/mol. The van der Waals surface area contributed by atoms with Crippen molar-refractivity contribution < 1.29 is 10.2 Å². The van der Waals surface area contributed by atoms with Crippen molar-refractivity contribution >= 4 is 16.6 Å². The number of nitrogens with one attached hydrogen (secondary N) is 1. The van der Waals surface area contributed by atoms with E-state index in [4.69, 9.17) is 10.2 Å². The van der Waals surface area contributed by atoms with Crippen LogP contribution in [0.2, 0.25) is 0 Å². The summed E-state index contributed by atoms with van der Waals surface area (Å²) in [6, 6.07) is 5.04. The number of benzene rings is 1. The summed E-state index contributed by atoms with van der Waals surface area (Å²) in [7, 11) is 1.41. The Bertz CT molecular complexity index is 714. The third-order valence-corrected chi connectivity index (χ3v) is 3.19. The second-order valence-corrected chi connectivity index (χ2v) is 4.46. The topological polar surface area (TPSA) is 98.6 Å². The zero-order valence-corrected chi connectivity index (χ0v) is 11.2. The van der Waals surface area contributed by atoms with Gasteiger partial charge in [-0.15, -0.1) is 0 Å². The van der Waals surface area contributed by atoms with Gasteiger partial charge in [0.05, 0.1) is 24.1 Å². The van der Waals surface area contributed by atoms with Gasteiger partial charge in [-0.25, -0.2) is 4.79 Å². The highest BCUT2D eigenvalue weighted by Crippen LogP contribution is 2.17. The van der Waals surface area contributed by atoms with Gasteiger partial charge in [-0.05, 0) is 18.2 Å². The van der Waals surface area contributed by atoms with Crippen molar-refractivity contribution in [3.8, 4) is 0 Å². The molecule has 1 heterocycles. The van der Waals surface area contributed by atoms with Crippen LogP contribution in [-0.4, -0.2) is 46.1 Å². The van der Waals surface area contributed by atoms with Gasteiger partial charge in [0.1, 0.15) is 0 Å². The van der Waals surface area contributed by atoms with E-state index in [1.807, 2.05) is 0 Å². The van der Waals surface area contributed by atoms with Crippen LogP contribution in [0, 0.1) is 0 Å². The van der Waals surface area contributed by atoms with Gasteiger partial charge in [-0.1, -0.05) is 0 Å². The molecule has 0 radical (unpaired) electrons. The van der Waals surface area contributed by atoms with Crippen molar-refractivity contribution in [2.45, 2.75) is 0 Å². The van der Waals surface area contributed by atoms with E-state index in [2.05, 4.69) is 4.98 Å². The van der Waals surface area contributed by atoms with E-state index in [1.165, 1.54) is 7.05 Å². The Morgan fingerprint density at radius 1 is 1.20 bits per heavy atom. The van der Waals surface area contributed by atoms with Crippen LogP contribution in [-0.2, 0) is 7.05 Å². The van der Waals surface area contributed by atoms with E-state index >= 15 is 0 Å². The molecule has 0 aliphatic heterocycles. The summed E-state index contributed by atoms with van der Waals surface area (Å²) in [6.45, 7) is 0.606. The zero-order valence-electron chi connectivity index (χ0n) is 11.2. The first-order valence-electron chi connectivity index (χ1n) is 6.28. The number of aromatic nitrogens is 2. The van der Waals surface area contributed by atoms with Gasteiger partial charge in [-0.3, -0.25) is 9.36 Å². The Morgan fingerprint density at radius 3 is 2.45 bits per heavy atom. The number of aromatic amines is 1. The molecule has 0 atom stereocenters. The van der Waals surface area contributed by atoms with Crippen LogP contribution in [0.5, 0.6) is 0 Å². The van der Waals surface area contributed by atoms with Crippen LogP contribution < -0.4 is 16.1 Å². The summed E-state index contributed by atoms with van der Waals surface area (Å²) in [6.07, 6.45) is 0. The lowest BCUT2D eigenvalue weighted by molar-refractivity contribution is 0.281. The van der Waals surface area contributed by atoms with Crippen LogP contribution in [0.3, 0.4) is 0 Å². The maximum absolute atomic E-state index is 12.1. The second-order valence-electron chi connectivity index (χ2n) is 4.46. The average Bonchev–Trinajstić information content (AvgIpc) is 2.44. The van der Waals surface area contributed by atoms with E-state index in [-0.39, 0.29) is 18.8 Å². The van der Waals surface area contributed by atoms with E-state index in [9.17, 15) is 9.59 Å². The molecule has 1 aromatic carbocycles. The molecule has 0 bridgehead atoms. The third kappa shape index (κ3) is 2.59. The normalized spacial score (nSPS) is 10.9. The number of aliphatic hydroxyl groups excluding tert-OH is 2. The molecule has 0 saturated carbocycles. The average molecular weight is 279 g/mol. The highest BCUT2D eigenvalue weighted by atomic mass is 16.3. The molecule has 3 N–H and O–H groups in total. The monoisotopic (exact) mass is 279 g/mol. The molecule has 20 heavy (non-hydrogen) atoms. The molecule has 0 aliphatic rings. The number of hydrogen-bond acceptors (Lipinski definition) is 5. The number of anilines is 1. The minimum Gasteiger partial charge on any atom is -0.395 e. The Labute approximate surface area is 114 Å². The Hall–Kier alpha value is -2.12. The van der Waals surface area contributed by atoms with Crippen LogP contribution in [0.1, 0.15) is 0 Å². The first-order valence-corrected chi connectivity index (χ1v) is 6.28. The Morgan fingerprint density at radius 2 is 1.85 bits per heavy atom. The summed E-state index contributed by atoms with van der Waals surface area (Å²) >= 11 is 0. The van der Waals surface area contributed by atoms with Crippen molar-refractivity contribution in [3.63, 3.8) is 0 Å². The SMILES string of the molecule is Cn1c(=O)[nH]c2ccc(N(CCO)CCO)cc2c1=O. The molecule has 0 spiro atoms. The van der Waals surface area contributed by atoms with Crippen LogP contribution >= 0.6 is 0 Å². The molecule has 0 fully saturated rings. The molecule has 0 aliphatic carbocycles. The lowest BCUT2D eigenvalue weighted by Gasteiger charge is -2.23. The van der Waals surface area contributed by atoms with E-state index in [1.54, 1.807) is 23.1 Å². The largest absolute Gasteiger partial charge is 0.395 e. The van der Waals surface area contributed by atoms with Crippen LogP contribution in [0.25, 0.3) is 10.9 Å². The van der Waals surface area contributed by atoms with Gasteiger partial charge in [0.15, 0.2) is 0 Å². The van der Waals surface area contributed by atoms with Gasteiger partial charge in [0, 0.05) is 25.8 Å². The predicted molar refractivity (Wildman–Crippen MR) is 76.2 cm³/mol. The fourth-order valence-corrected chi connectivity index (χ4v) is 2.10. The minimum atomic E-state index is -0.460. The number of H-pyrrole nitrogens is 1. The summed E-state index contributed by atoms with van der Waals surface area (Å²) in [5.74, 6) is 0. The summed E-state index contributed by atoms with van der Waals surface area (Å²) in [5.41, 5.74) is 0.343. The molecule has 0 unspecified atom stereocenters. The lowest BCUT2D eigenvalue weighted by atomic mass is 10.2. The van der Waals surface area contributed by atoms with Crippen LogP contribution in [0.15, 0.2) is 27.8 Å². The predicted octanol–water partition coefficient (Wildman–Crippen LogP) is -0.982. The minimum absolute atomic E-state index is 0.0539. The molecule has 0 saturated heterocycles.